The fourth-order valence-electron chi connectivity index (χ4n) is 1.43. The number of carboxylic acid groups (broad SMARTS) is 2. The van der Waals surface area contributed by atoms with E-state index in [4.69, 9.17) is 26.6 Å². The van der Waals surface area contributed by atoms with E-state index in [0.717, 1.165) is 0 Å². The molecule has 7 nitrogen and oxygen atoms in total. The molecule has 0 aliphatic heterocycles. The molecule has 0 spiro atoms. The van der Waals surface area contributed by atoms with Crippen molar-refractivity contribution < 1.29 is 29.3 Å². The number of carbonyl (C=O) groups excluding carboxylic acids is 1. The Kier molecular flexibility index (Phi) is 5.98. The first-order chi connectivity index (χ1) is 9.79. The maximum atomic E-state index is 11.8. The van der Waals surface area contributed by atoms with Gasteiger partial charge in [0.25, 0.3) is 5.91 Å². The van der Waals surface area contributed by atoms with Gasteiger partial charge in [0.2, 0.25) is 0 Å². The van der Waals surface area contributed by atoms with Crippen molar-refractivity contribution in [3.8, 4) is 5.75 Å². The van der Waals surface area contributed by atoms with Gasteiger partial charge in [0.1, 0.15) is 11.8 Å². The first-order valence-electron chi connectivity index (χ1n) is 5.96. The molecule has 0 aromatic heterocycles. The van der Waals surface area contributed by atoms with Crippen molar-refractivity contribution in [1.82, 2.24) is 5.32 Å². The van der Waals surface area contributed by atoms with Crippen molar-refractivity contribution in [3.63, 3.8) is 0 Å². The summed E-state index contributed by atoms with van der Waals surface area (Å²) in [6.45, 7) is 1.42. The van der Waals surface area contributed by atoms with Crippen LogP contribution in [0.5, 0.6) is 5.75 Å². The van der Waals surface area contributed by atoms with Crippen molar-refractivity contribution in [2.45, 2.75) is 25.5 Å². The van der Waals surface area contributed by atoms with Crippen molar-refractivity contribution in [3.05, 3.63) is 29.3 Å². The highest BCUT2D eigenvalue weighted by molar-refractivity contribution is 6.30. The first-order valence-corrected chi connectivity index (χ1v) is 6.34. The molecule has 2 atom stereocenters. The molecule has 3 N–H and O–H groups in total. The van der Waals surface area contributed by atoms with Crippen LogP contribution in [0.25, 0.3) is 0 Å². The summed E-state index contributed by atoms with van der Waals surface area (Å²) < 4.78 is 5.31. The van der Waals surface area contributed by atoms with Crippen LogP contribution >= 0.6 is 11.6 Å². The van der Waals surface area contributed by atoms with Gasteiger partial charge in [-0.25, -0.2) is 4.79 Å². The van der Waals surface area contributed by atoms with Crippen LogP contribution in [-0.2, 0) is 14.4 Å². The summed E-state index contributed by atoms with van der Waals surface area (Å²) in [6.07, 6.45) is -1.70. The van der Waals surface area contributed by atoms with Gasteiger partial charge < -0.3 is 20.3 Å². The number of carbonyl (C=O) groups is 3. The largest absolute Gasteiger partial charge is 0.481 e. The third-order valence-corrected chi connectivity index (χ3v) is 2.74. The summed E-state index contributed by atoms with van der Waals surface area (Å²) in [6, 6.07) is 4.75. The Morgan fingerprint density at radius 3 is 2.29 bits per heavy atom. The number of ether oxygens (including phenoxy) is 1. The number of amides is 1. The Morgan fingerprint density at radius 2 is 1.81 bits per heavy atom. The smallest absolute Gasteiger partial charge is 0.326 e. The summed E-state index contributed by atoms with van der Waals surface area (Å²) >= 11 is 5.71. The van der Waals surface area contributed by atoms with Gasteiger partial charge in [-0.15, -0.1) is 0 Å². The van der Waals surface area contributed by atoms with Crippen molar-refractivity contribution >= 4 is 29.4 Å². The number of nitrogens with one attached hydrogen (secondary N) is 1. The van der Waals surface area contributed by atoms with Gasteiger partial charge in [0.05, 0.1) is 6.42 Å². The van der Waals surface area contributed by atoms with E-state index in [1.165, 1.54) is 6.92 Å². The van der Waals surface area contributed by atoms with Crippen molar-refractivity contribution in [2.24, 2.45) is 0 Å². The molecule has 0 saturated carbocycles. The number of hydrogen-bond acceptors (Lipinski definition) is 4. The predicted octanol–water partition coefficient (Wildman–Crippen LogP) is 1.15. The number of benzene rings is 1. The zero-order valence-corrected chi connectivity index (χ0v) is 11.8. The Bertz CT molecular complexity index is 530. The Balaban J connectivity index is 2.62. The molecule has 0 saturated heterocycles. The minimum absolute atomic E-state index is 0.382. The molecule has 0 bridgehead atoms. The van der Waals surface area contributed by atoms with Crippen molar-refractivity contribution in [2.75, 3.05) is 0 Å². The Labute approximate surface area is 125 Å². The summed E-state index contributed by atoms with van der Waals surface area (Å²) in [5.41, 5.74) is 0. The van der Waals surface area contributed by atoms with Crippen LogP contribution in [-0.4, -0.2) is 40.2 Å². The molecule has 0 aliphatic rings. The molecule has 1 rings (SSSR count). The standard InChI is InChI=1S/C13H14ClNO6/c1-7(21-9-4-2-8(14)3-5-9)12(18)15-10(13(19)20)6-11(16)17/h2-5,7,10H,6H2,1H3,(H,15,18)(H,16,17)(H,19,20)/t7?,10-/m1/s1. The van der Waals surface area contributed by atoms with Crippen LogP contribution in [0.2, 0.25) is 5.02 Å². The molecule has 0 fully saturated rings. The highest BCUT2D eigenvalue weighted by Crippen LogP contribution is 2.16. The normalized spacial score (nSPS) is 13.0. The second-order valence-electron chi connectivity index (χ2n) is 4.21. The van der Waals surface area contributed by atoms with Gasteiger partial charge in [-0.05, 0) is 31.2 Å². The highest BCUT2D eigenvalue weighted by atomic mass is 35.5. The van der Waals surface area contributed by atoms with Crippen LogP contribution in [0, 0.1) is 0 Å². The first kappa shape index (κ1) is 16.8. The van der Waals surface area contributed by atoms with Gasteiger partial charge in [-0.3, -0.25) is 9.59 Å². The summed E-state index contributed by atoms with van der Waals surface area (Å²) in [5.74, 6) is -3.09. The Morgan fingerprint density at radius 1 is 1.24 bits per heavy atom. The molecular weight excluding hydrogens is 302 g/mol. The van der Waals surface area contributed by atoms with E-state index in [0.29, 0.717) is 10.8 Å². The van der Waals surface area contributed by atoms with Crippen LogP contribution in [0.15, 0.2) is 24.3 Å². The van der Waals surface area contributed by atoms with E-state index >= 15 is 0 Å². The lowest BCUT2D eigenvalue weighted by Gasteiger charge is -2.17. The Hall–Kier alpha value is -2.28. The van der Waals surface area contributed by atoms with Crippen LogP contribution in [0.4, 0.5) is 0 Å². The lowest BCUT2D eigenvalue weighted by atomic mass is 10.2. The molecule has 0 aliphatic carbocycles. The second-order valence-corrected chi connectivity index (χ2v) is 4.65. The fraction of sp³-hybridized carbons (Fsp3) is 0.308. The topological polar surface area (TPSA) is 113 Å². The third-order valence-electron chi connectivity index (χ3n) is 2.49. The average molecular weight is 316 g/mol. The van der Waals surface area contributed by atoms with Gasteiger partial charge >= 0.3 is 11.9 Å². The molecule has 1 aromatic rings. The molecule has 21 heavy (non-hydrogen) atoms. The lowest BCUT2D eigenvalue weighted by Crippen LogP contribution is -2.47. The zero-order chi connectivity index (χ0) is 16.0. The van der Waals surface area contributed by atoms with Gasteiger partial charge in [0.15, 0.2) is 6.10 Å². The molecule has 1 aromatic carbocycles. The number of hydrogen-bond donors (Lipinski definition) is 3. The minimum Gasteiger partial charge on any atom is -0.481 e. The van der Waals surface area contributed by atoms with E-state index in [2.05, 4.69) is 5.32 Å². The molecule has 0 heterocycles. The van der Waals surface area contributed by atoms with Crippen LogP contribution in [0.3, 0.4) is 0 Å². The SMILES string of the molecule is CC(Oc1ccc(Cl)cc1)C(=O)N[C@H](CC(=O)O)C(=O)O. The van der Waals surface area contributed by atoms with Crippen LogP contribution < -0.4 is 10.1 Å². The molecule has 1 unspecified atom stereocenters. The van der Waals surface area contributed by atoms with E-state index < -0.39 is 36.4 Å². The van der Waals surface area contributed by atoms with E-state index in [9.17, 15) is 14.4 Å². The van der Waals surface area contributed by atoms with E-state index in [1.54, 1.807) is 24.3 Å². The lowest BCUT2D eigenvalue weighted by molar-refractivity contribution is -0.147. The van der Waals surface area contributed by atoms with E-state index in [1.807, 2.05) is 0 Å². The fourth-order valence-corrected chi connectivity index (χ4v) is 1.56. The van der Waals surface area contributed by atoms with E-state index in [-0.39, 0.29) is 0 Å². The molecule has 8 heteroatoms. The van der Waals surface area contributed by atoms with Crippen LogP contribution in [0.1, 0.15) is 13.3 Å². The number of halogens is 1. The van der Waals surface area contributed by atoms with Gasteiger partial charge in [-0.1, -0.05) is 11.6 Å². The molecule has 1 amide bonds. The third kappa shape index (κ3) is 5.70. The number of aliphatic carboxylic acids is 2. The monoisotopic (exact) mass is 315 g/mol. The summed E-state index contributed by atoms with van der Waals surface area (Å²) in [7, 11) is 0. The highest BCUT2D eigenvalue weighted by Gasteiger charge is 2.26. The minimum atomic E-state index is -1.51. The van der Waals surface area contributed by atoms with Gasteiger partial charge in [0, 0.05) is 5.02 Å². The molecule has 0 radical (unpaired) electrons. The molecular formula is C13H14ClNO6. The van der Waals surface area contributed by atoms with Gasteiger partial charge in [-0.2, -0.15) is 0 Å². The maximum absolute atomic E-state index is 11.8. The summed E-state index contributed by atoms with van der Waals surface area (Å²) in [4.78, 5) is 33.2. The zero-order valence-electron chi connectivity index (χ0n) is 11.1. The molecule has 114 valence electrons. The number of carboxylic acids is 2. The average Bonchev–Trinajstić information content (AvgIpc) is 2.39. The number of rotatable bonds is 7. The quantitative estimate of drug-likeness (QED) is 0.695. The second kappa shape index (κ2) is 7.49. The van der Waals surface area contributed by atoms with Crippen molar-refractivity contribution in [1.29, 1.82) is 0 Å². The predicted molar refractivity (Wildman–Crippen MR) is 73.4 cm³/mol. The maximum Gasteiger partial charge on any atom is 0.326 e. The summed E-state index contributed by atoms with van der Waals surface area (Å²) in [5, 5.41) is 20.0.